The minimum absolute atomic E-state index is 0.430. The van der Waals surface area contributed by atoms with E-state index in [0.717, 1.165) is 31.5 Å². The van der Waals surface area contributed by atoms with Crippen LogP contribution in [-0.2, 0) is 6.54 Å². The maximum Gasteiger partial charge on any atom is 0.573 e. The number of rotatable bonds is 12. The molecule has 1 rings (SSSR count). The summed E-state index contributed by atoms with van der Waals surface area (Å²) in [4.78, 5) is 0. The quantitative estimate of drug-likeness (QED) is 0.372. The summed E-state index contributed by atoms with van der Waals surface area (Å²) in [5, 5.41) is 3.18. The second kappa shape index (κ2) is 11.3. The van der Waals surface area contributed by atoms with Crippen LogP contribution < -0.4 is 10.1 Å². The topological polar surface area (TPSA) is 21.3 Å². The second-order valence-corrected chi connectivity index (χ2v) is 5.96. The van der Waals surface area contributed by atoms with E-state index in [1.165, 1.54) is 44.6 Å². The van der Waals surface area contributed by atoms with Crippen molar-refractivity contribution in [1.82, 2.24) is 5.32 Å². The maximum atomic E-state index is 13.5. The van der Waals surface area contributed by atoms with Crippen LogP contribution in [0.5, 0.6) is 5.75 Å². The SMILES string of the molecule is CCCCCCCCCCNCc1ccc(OC(F)(F)F)c(F)c1. The van der Waals surface area contributed by atoms with Crippen molar-refractivity contribution in [2.75, 3.05) is 6.54 Å². The van der Waals surface area contributed by atoms with E-state index in [2.05, 4.69) is 17.0 Å². The van der Waals surface area contributed by atoms with E-state index in [0.29, 0.717) is 12.1 Å². The van der Waals surface area contributed by atoms with Crippen molar-refractivity contribution in [3.05, 3.63) is 29.6 Å². The number of nitrogens with one attached hydrogen (secondary N) is 1. The third-order valence-corrected chi connectivity index (χ3v) is 3.76. The average molecular weight is 349 g/mol. The molecule has 1 N–H and O–H groups in total. The highest BCUT2D eigenvalue weighted by Gasteiger charge is 2.32. The molecule has 0 aliphatic heterocycles. The summed E-state index contributed by atoms with van der Waals surface area (Å²) in [6, 6.07) is 3.52. The van der Waals surface area contributed by atoms with E-state index in [-0.39, 0.29) is 0 Å². The van der Waals surface area contributed by atoms with Gasteiger partial charge in [-0.15, -0.1) is 13.2 Å². The van der Waals surface area contributed by atoms with Gasteiger partial charge in [-0.05, 0) is 30.7 Å². The van der Waals surface area contributed by atoms with Crippen LogP contribution in [0.2, 0.25) is 0 Å². The Morgan fingerprint density at radius 1 is 0.958 bits per heavy atom. The number of unbranched alkanes of at least 4 members (excludes halogenated alkanes) is 7. The van der Waals surface area contributed by atoms with Crippen molar-refractivity contribution in [3.63, 3.8) is 0 Å². The Morgan fingerprint density at radius 3 is 2.17 bits per heavy atom. The zero-order valence-corrected chi connectivity index (χ0v) is 14.2. The zero-order valence-electron chi connectivity index (χ0n) is 14.2. The van der Waals surface area contributed by atoms with Crippen LogP contribution in [0.3, 0.4) is 0 Å². The lowest BCUT2D eigenvalue weighted by molar-refractivity contribution is -0.275. The first-order chi connectivity index (χ1) is 11.4. The molecule has 0 heterocycles. The van der Waals surface area contributed by atoms with E-state index in [1.54, 1.807) is 0 Å². The fourth-order valence-electron chi connectivity index (χ4n) is 2.48. The molecular weight excluding hydrogens is 322 g/mol. The van der Waals surface area contributed by atoms with E-state index in [9.17, 15) is 17.6 Å². The van der Waals surface area contributed by atoms with Gasteiger partial charge in [0.25, 0.3) is 0 Å². The Hall–Kier alpha value is -1.30. The van der Waals surface area contributed by atoms with Crippen LogP contribution in [0.15, 0.2) is 18.2 Å². The summed E-state index contributed by atoms with van der Waals surface area (Å²) in [6.07, 6.45) is 5.00. The second-order valence-electron chi connectivity index (χ2n) is 5.96. The molecule has 0 aromatic heterocycles. The maximum absolute atomic E-state index is 13.5. The molecule has 6 heteroatoms. The summed E-state index contributed by atoms with van der Waals surface area (Å²) in [5.74, 6) is -1.80. The van der Waals surface area contributed by atoms with Crippen LogP contribution in [0.25, 0.3) is 0 Å². The molecule has 0 aliphatic rings. The predicted octanol–water partition coefficient (Wildman–Crippen LogP) is 5.95. The lowest BCUT2D eigenvalue weighted by Crippen LogP contribution is -2.18. The minimum atomic E-state index is -4.88. The molecule has 0 unspecified atom stereocenters. The highest BCUT2D eigenvalue weighted by Crippen LogP contribution is 2.26. The Bertz CT molecular complexity index is 463. The summed E-state index contributed by atoms with van der Waals surface area (Å²) < 4.78 is 53.3. The van der Waals surface area contributed by atoms with E-state index in [1.807, 2.05) is 0 Å². The van der Waals surface area contributed by atoms with Gasteiger partial charge in [-0.3, -0.25) is 0 Å². The largest absolute Gasteiger partial charge is 0.573 e. The molecule has 2 nitrogen and oxygen atoms in total. The predicted molar refractivity (Wildman–Crippen MR) is 87.4 cm³/mol. The Balaban J connectivity index is 2.14. The van der Waals surface area contributed by atoms with Gasteiger partial charge in [0.15, 0.2) is 11.6 Å². The van der Waals surface area contributed by atoms with Crippen LogP contribution in [0.4, 0.5) is 17.6 Å². The normalized spacial score (nSPS) is 11.7. The molecule has 0 atom stereocenters. The third kappa shape index (κ3) is 9.75. The first-order valence-electron chi connectivity index (χ1n) is 8.67. The van der Waals surface area contributed by atoms with Gasteiger partial charge in [0, 0.05) is 6.54 Å². The van der Waals surface area contributed by atoms with E-state index in [4.69, 9.17) is 0 Å². The monoisotopic (exact) mass is 349 g/mol. The fourth-order valence-corrected chi connectivity index (χ4v) is 2.48. The van der Waals surface area contributed by atoms with Gasteiger partial charge in [0.05, 0.1) is 0 Å². The number of ether oxygens (including phenoxy) is 1. The van der Waals surface area contributed by atoms with Crippen LogP contribution >= 0.6 is 0 Å². The highest BCUT2D eigenvalue weighted by atomic mass is 19.4. The van der Waals surface area contributed by atoms with Gasteiger partial charge in [0.2, 0.25) is 0 Å². The number of hydrogen-bond donors (Lipinski definition) is 1. The summed E-state index contributed by atoms with van der Waals surface area (Å²) in [6.45, 7) is 3.45. The van der Waals surface area contributed by atoms with Gasteiger partial charge >= 0.3 is 6.36 Å². The number of alkyl halides is 3. The van der Waals surface area contributed by atoms with Gasteiger partial charge in [-0.1, -0.05) is 57.9 Å². The molecule has 0 amide bonds. The minimum Gasteiger partial charge on any atom is -0.403 e. The summed E-state index contributed by atoms with van der Waals surface area (Å²) in [7, 11) is 0. The van der Waals surface area contributed by atoms with Crippen molar-refractivity contribution < 1.29 is 22.3 Å². The Morgan fingerprint density at radius 2 is 1.58 bits per heavy atom. The molecule has 0 bridgehead atoms. The molecule has 0 radical (unpaired) electrons. The zero-order chi connectivity index (χ0) is 17.8. The standard InChI is InChI=1S/C18H27F4NO/c1-2-3-4-5-6-7-8-9-12-23-14-15-10-11-17(16(19)13-15)24-18(20,21)22/h10-11,13,23H,2-9,12,14H2,1H3. The van der Waals surface area contributed by atoms with Gasteiger partial charge < -0.3 is 10.1 Å². The van der Waals surface area contributed by atoms with E-state index >= 15 is 0 Å². The smallest absolute Gasteiger partial charge is 0.403 e. The van der Waals surface area contributed by atoms with Crippen molar-refractivity contribution in [1.29, 1.82) is 0 Å². The molecule has 0 aliphatic carbocycles. The van der Waals surface area contributed by atoms with Crippen molar-refractivity contribution >= 4 is 0 Å². The molecule has 0 spiro atoms. The number of halogens is 4. The van der Waals surface area contributed by atoms with Gasteiger partial charge in [-0.25, -0.2) is 4.39 Å². The molecule has 1 aromatic carbocycles. The summed E-state index contributed by atoms with van der Waals surface area (Å²) in [5.41, 5.74) is 0.599. The van der Waals surface area contributed by atoms with Crippen LogP contribution in [0, 0.1) is 5.82 Å². The summed E-state index contributed by atoms with van der Waals surface area (Å²) >= 11 is 0. The number of hydrogen-bond acceptors (Lipinski definition) is 2. The lowest BCUT2D eigenvalue weighted by Gasteiger charge is -2.11. The molecule has 0 saturated heterocycles. The first-order valence-corrected chi connectivity index (χ1v) is 8.67. The van der Waals surface area contributed by atoms with Crippen molar-refractivity contribution in [2.24, 2.45) is 0 Å². The van der Waals surface area contributed by atoms with Crippen molar-refractivity contribution in [3.8, 4) is 5.75 Å². The number of benzene rings is 1. The van der Waals surface area contributed by atoms with Crippen molar-refractivity contribution in [2.45, 2.75) is 71.2 Å². The Kier molecular flexibility index (Phi) is 9.76. The average Bonchev–Trinajstić information content (AvgIpc) is 2.50. The molecule has 0 saturated carbocycles. The van der Waals surface area contributed by atoms with Gasteiger partial charge in [0.1, 0.15) is 0 Å². The van der Waals surface area contributed by atoms with Crippen LogP contribution in [-0.4, -0.2) is 12.9 Å². The fraction of sp³-hybridized carbons (Fsp3) is 0.667. The molecular formula is C18H27F4NO. The highest BCUT2D eigenvalue weighted by molar-refractivity contribution is 5.29. The Labute approximate surface area is 141 Å². The van der Waals surface area contributed by atoms with Gasteiger partial charge in [-0.2, -0.15) is 0 Å². The van der Waals surface area contributed by atoms with E-state index < -0.39 is 17.9 Å². The molecule has 138 valence electrons. The molecule has 24 heavy (non-hydrogen) atoms. The lowest BCUT2D eigenvalue weighted by atomic mass is 10.1. The molecule has 0 fully saturated rings. The first kappa shape index (κ1) is 20.7. The third-order valence-electron chi connectivity index (χ3n) is 3.76. The molecule has 1 aromatic rings. The van der Waals surface area contributed by atoms with Crippen LogP contribution in [0.1, 0.15) is 63.9 Å².